The second-order valence-electron chi connectivity index (χ2n) is 4.62. The fourth-order valence-electron chi connectivity index (χ4n) is 2.04. The molecule has 3 rings (SSSR count). The second-order valence-corrected chi connectivity index (χ2v) is 4.62. The molecule has 2 N–H and O–H groups in total. The summed E-state index contributed by atoms with van der Waals surface area (Å²) in [7, 11) is 0. The van der Waals surface area contributed by atoms with E-state index < -0.39 is 5.82 Å². The summed E-state index contributed by atoms with van der Waals surface area (Å²) in [4.78, 5) is 0. The van der Waals surface area contributed by atoms with E-state index in [1.165, 1.54) is 22.9 Å². The number of tetrazole rings is 1. The van der Waals surface area contributed by atoms with E-state index >= 15 is 0 Å². The van der Waals surface area contributed by atoms with Crippen LogP contribution in [0.25, 0.3) is 17.1 Å². The summed E-state index contributed by atoms with van der Waals surface area (Å²) in [5.41, 5.74) is 7.39. The van der Waals surface area contributed by atoms with E-state index in [9.17, 15) is 8.78 Å². The first-order valence-corrected chi connectivity index (χ1v) is 6.16. The minimum absolute atomic E-state index is 0.273. The maximum Gasteiger partial charge on any atom is 0.187 e. The topological polar surface area (TPSA) is 69.6 Å². The average Bonchev–Trinajstić information content (AvgIpc) is 2.90. The van der Waals surface area contributed by atoms with Crippen molar-refractivity contribution < 1.29 is 8.78 Å². The van der Waals surface area contributed by atoms with Crippen molar-refractivity contribution in [1.29, 1.82) is 0 Å². The summed E-state index contributed by atoms with van der Waals surface area (Å²) >= 11 is 0. The van der Waals surface area contributed by atoms with Crippen molar-refractivity contribution in [2.45, 2.75) is 6.92 Å². The number of benzene rings is 2. The molecule has 0 spiro atoms. The molecule has 0 aliphatic carbocycles. The smallest absolute Gasteiger partial charge is 0.187 e. The summed E-state index contributed by atoms with van der Waals surface area (Å²) in [6.07, 6.45) is 0. The molecule has 5 nitrogen and oxygen atoms in total. The number of nitrogens with two attached hydrogens (primary N) is 1. The van der Waals surface area contributed by atoms with Gasteiger partial charge in [-0.1, -0.05) is 0 Å². The fourth-order valence-corrected chi connectivity index (χ4v) is 2.04. The molecule has 106 valence electrons. The zero-order valence-corrected chi connectivity index (χ0v) is 11.1. The summed E-state index contributed by atoms with van der Waals surface area (Å²) in [5.74, 6) is -0.467. The van der Waals surface area contributed by atoms with Crippen LogP contribution >= 0.6 is 0 Å². The third-order valence-corrected chi connectivity index (χ3v) is 3.03. The van der Waals surface area contributed by atoms with Crippen LogP contribution in [0.3, 0.4) is 0 Å². The third kappa shape index (κ3) is 2.45. The highest BCUT2D eigenvalue weighted by molar-refractivity contribution is 5.62. The van der Waals surface area contributed by atoms with Crippen LogP contribution in [0.1, 0.15) is 5.56 Å². The van der Waals surface area contributed by atoms with Crippen LogP contribution in [0.5, 0.6) is 0 Å². The van der Waals surface area contributed by atoms with Crippen LogP contribution in [0.2, 0.25) is 0 Å². The number of aromatic nitrogens is 4. The van der Waals surface area contributed by atoms with Gasteiger partial charge in [0, 0.05) is 11.3 Å². The Bertz CT molecular complexity index is 793. The Kier molecular flexibility index (Phi) is 3.09. The molecular formula is C14H11F2N5. The van der Waals surface area contributed by atoms with Crippen molar-refractivity contribution in [3.8, 4) is 17.1 Å². The Morgan fingerprint density at radius 1 is 1.10 bits per heavy atom. The lowest BCUT2D eigenvalue weighted by Gasteiger charge is -2.07. The van der Waals surface area contributed by atoms with Gasteiger partial charge in [0.1, 0.15) is 11.6 Å². The largest absolute Gasteiger partial charge is 0.399 e. The summed E-state index contributed by atoms with van der Waals surface area (Å²) in [5, 5.41) is 11.3. The number of nitrogens with zero attached hydrogens (tertiary/aromatic N) is 4. The minimum atomic E-state index is -0.477. The monoisotopic (exact) mass is 287 g/mol. The molecule has 1 heterocycles. The molecule has 0 amide bonds. The van der Waals surface area contributed by atoms with E-state index in [0.717, 1.165) is 0 Å². The first kappa shape index (κ1) is 13.2. The van der Waals surface area contributed by atoms with Gasteiger partial charge in [-0.3, -0.25) is 0 Å². The molecule has 21 heavy (non-hydrogen) atoms. The number of halogens is 2. The Labute approximate surface area is 119 Å². The number of rotatable bonds is 2. The first-order chi connectivity index (χ1) is 10.0. The molecule has 0 unspecified atom stereocenters. The summed E-state index contributed by atoms with van der Waals surface area (Å²) in [6.45, 7) is 1.64. The van der Waals surface area contributed by atoms with Crippen LogP contribution in [0.15, 0.2) is 36.4 Å². The molecule has 7 heteroatoms. The maximum absolute atomic E-state index is 13.5. The molecule has 1 aromatic heterocycles. The lowest BCUT2D eigenvalue weighted by Crippen LogP contribution is -2.01. The lowest BCUT2D eigenvalue weighted by atomic mass is 10.1. The molecule has 0 atom stereocenters. The van der Waals surface area contributed by atoms with Crippen molar-refractivity contribution in [1.82, 2.24) is 20.2 Å². The fraction of sp³-hybridized carbons (Fsp3) is 0.0714. The van der Waals surface area contributed by atoms with Crippen molar-refractivity contribution >= 4 is 5.69 Å². The van der Waals surface area contributed by atoms with Gasteiger partial charge in [0.15, 0.2) is 5.82 Å². The predicted octanol–water partition coefficient (Wildman–Crippen LogP) is 2.50. The van der Waals surface area contributed by atoms with E-state index in [1.807, 2.05) is 0 Å². The number of anilines is 1. The zero-order chi connectivity index (χ0) is 15.0. The number of hydrogen-bond donors (Lipinski definition) is 1. The molecule has 0 saturated heterocycles. The minimum Gasteiger partial charge on any atom is -0.399 e. The number of aryl methyl sites for hydroxylation is 1. The SMILES string of the molecule is Cc1cc(-n2nnnc2-c2cc(N)cc(F)c2)ccc1F. The van der Waals surface area contributed by atoms with E-state index in [0.29, 0.717) is 22.6 Å². The van der Waals surface area contributed by atoms with Crippen LogP contribution in [0.4, 0.5) is 14.5 Å². The van der Waals surface area contributed by atoms with Gasteiger partial charge >= 0.3 is 0 Å². The molecule has 3 aromatic rings. The third-order valence-electron chi connectivity index (χ3n) is 3.03. The van der Waals surface area contributed by atoms with E-state index in [1.54, 1.807) is 25.1 Å². The normalized spacial score (nSPS) is 10.8. The summed E-state index contributed by atoms with van der Waals surface area (Å²) < 4.78 is 28.2. The maximum atomic E-state index is 13.5. The highest BCUT2D eigenvalue weighted by Crippen LogP contribution is 2.23. The van der Waals surface area contributed by atoms with E-state index in [4.69, 9.17) is 5.73 Å². The van der Waals surface area contributed by atoms with Crippen LogP contribution in [-0.4, -0.2) is 20.2 Å². The Balaban J connectivity index is 2.14. The van der Waals surface area contributed by atoms with Crippen LogP contribution < -0.4 is 5.73 Å². The van der Waals surface area contributed by atoms with Crippen molar-refractivity contribution in [2.24, 2.45) is 0 Å². The van der Waals surface area contributed by atoms with Gasteiger partial charge in [0.05, 0.1) is 5.69 Å². The molecule has 0 saturated carbocycles. The lowest BCUT2D eigenvalue weighted by molar-refractivity contribution is 0.617. The van der Waals surface area contributed by atoms with Gasteiger partial charge in [0.2, 0.25) is 0 Å². The molecule has 0 fully saturated rings. The van der Waals surface area contributed by atoms with Gasteiger partial charge in [-0.2, -0.15) is 4.68 Å². The van der Waals surface area contributed by atoms with Gasteiger partial charge in [-0.15, -0.1) is 5.10 Å². The van der Waals surface area contributed by atoms with Gasteiger partial charge in [0.25, 0.3) is 0 Å². The highest BCUT2D eigenvalue weighted by atomic mass is 19.1. The highest BCUT2D eigenvalue weighted by Gasteiger charge is 2.13. The molecular weight excluding hydrogens is 276 g/mol. The average molecular weight is 287 g/mol. The van der Waals surface area contributed by atoms with Gasteiger partial charge in [-0.25, -0.2) is 8.78 Å². The molecule has 0 aliphatic rings. The Morgan fingerprint density at radius 2 is 1.90 bits per heavy atom. The Morgan fingerprint density at radius 3 is 2.62 bits per heavy atom. The number of nitrogen functional groups attached to an aromatic ring is 1. The quantitative estimate of drug-likeness (QED) is 0.735. The zero-order valence-electron chi connectivity index (χ0n) is 11.1. The van der Waals surface area contributed by atoms with Crippen molar-refractivity contribution in [3.63, 3.8) is 0 Å². The van der Waals surface area contributed by atoms with Gasteiger partial charge < -0.3 is 5.73 Å². The van der Waals surface area contributed by atoms with Crippen LogP contribution in [0, 0.1) is 18.6 Å². The standard InChI is InChI=1S/C14H11F2N5/c1-8-4-12(2-3-13(8)16)21-14(18-19-20-21)9-5-10(15)7-11(17)6-9/h2-7H,17H2,1H3. The second kappa shape index (κ2) is 4.93. The van der Waals surface area contributed by atoms with Crippen LogP contribution in [-0.2, 0) is 0 Å². The molecule has 0 radical (unpaired) electrons. The molecule has 0 bridgehead atoms. The number of hydrogen-bond acceptors (Lipinski definition) is 4. The van der Waals surface area contributed by atoms with E-state index in [-0.39, 0.29) is 11.5 Å². The van der Waals surface area contributed by atoms with Crippen molar-refractivity contribution in [3.05, 3.63) is 53.6 Å². The molecule has 0 aliphatic heterocycles. The van der Waals surface area contributed by atoms with E-state index in [2.05, 4.69) is 15.5 Å². The van der Waals surface area contributed by atoms with Gasteiger partial charge in [-0.05, 0) is 59.3 Å². The van der Waals surface area contributed by atoms with Crippen molar-refractivity contribution in [2.75, 3.05) is 5.73 Å². The molecule has 2 aromatic carbocycles. The Hall–Kier alpha value is -2.83. The first-order valence-electron chi connectivity index (χ1n) is 6.16. The summed E-state index contributed by atoms with van der Waals surface area (Å²) in [6, 6.07) is 8.55. The predicted molar refractivity (Wildman–Crippen MR) is 73.7 cm³/mol.